The predicted octanol–water partition coefficient (Wildman–Crippen LogP) is 4.82. The van der Waals surface area contributed by atoms with Crippen LogP contribution in [0.25, 0.3) is 0 Å². The van der Waals surface area contributed by atoms with Crippen molar-refractivity contribution in [1.29, 1.82) is 0 Å². The van der Waals surface area contributed by atoms with Gasteiger partial charge in [0.05, 0.1) is 0 Å². The second-order valence-electron chi connectivity index (χ2n) is 4.60. The van der Waals surface area contributed by atoms with E-state index in [4.69, 9.17) is 11.6 Å². The summed E-state index contributed by atoms with van der Waals surface area (Å²) in [5, 5.41) is 4.31. The van der Waals surface area contributed by atoms with Crippen LogP contribution in [0.4, 0.5) is 0 Å². The average molecular weight is 254 g/mol. The van der Waals surface area contributed by atoms with E-state index in [1.165, 1.54) is 31.2 Å². The molecule has 2 heteroatoms. The highest BCUT2D eigenvalue weighted by atomic mass is 35.5. The summed E-state index contributed by atoms with van der Waals surface area (Å²) in [4.78, 5) is 0. The summed E-state index contributed by atoms with van der Waals surface area (Å²) in [7, 11) is 2.03. The van der Waals surface area contributed by atoms with Gasteiger partial charge in [-0.15, -0.1) is 0 Å². The maximum absolute atomic E-state index is 6.29. The summed E-state index contributed by atoms with van der Waals surface area (Å²) in [6.45, 7) is 4.51. The van der Waals surface area contributed by atoms with Crippen molar-refractivity contribution in [2.45, 2.75) is 45.6 Å². The van der Waals surface area contributed by atoms with Crippen LogP contribution < -0.4 is 5.32 Å². The van der Waals surface area contributed by atoms with Gasteiger partial charge in [0.15, 0.2) is 0 Å². The number of nitrogens with one attached hydrogen (secondary N) is 1. The van der Waals surface area contributed by atoms with Crippen molar-refractivity contribution in [1.82, 2.24) is 5.32 Å². The third kappa shape index (κ3) is 4.01. The molecule has 0 aliphatic rings. The van der Waals surface area contributed by atoms with Crippen LogP contribution in [0.5, 0.6) is 0 Å². The summed E-state index contributed by atoms with van der Waals surface area (Å²) in [5.74, 6) is 0.667. The average Bonchev–Trinajstić information content (AvgIpc) is 2.36. The second-order valence-corrected chi connectivity index (χ2v) is 5.01. The molecule has 2 atom stereocenters. The summed E-state index contributed by atoms with van der Waals surface area (Å²) >= 11 is 6.29. The number of rotatable bonds is 7. The lowest BCUT2D eigenvalue weighted by Gasteiger charge is -2.27. The molecule has 0 aliphatic heterocycles. The molecular weight excluding hydrogens is 230 g/mol. The number of halogens is 1. The van der Waals surface area contributed by atoms with Gasteiger partial charge in [0.25, 0.3) is 0 Å². The number of unbranched alkanes of at least 4 members (excludes halogenated alkanes) is 1. The van der Waals surface area contributed by atoms with Crippen molar-refractivity contribution >= 4 is 11.6 Å². The molecule has 0 radical (unpaired) electrons. The van der Waals surface area contributed by atoms with Crippen LogP contribution >= 0.6 is 11.6 Å². The maximum Gasteiger partial charge on any atom is 0.0453 e. The van der Waals surface area contributed by atoms with E-state index in [9.17, 15) is 0 Å². The van der Waals surface area contributed by atoms with Crippen molar-refractivity contribution < 1.29 is 0 Å². The van der Waals surface area contributed by atoms with E-state index in [0.717, 1.165) is 5.02 Å². The van der Waals surface area contributed by atoms with Crippen LogP contribution in [0.2, 0.25) is 5.02 Å². The number of hydrogen-bond acceptors (Lipinski definition) is 1. The van der Waals surface area contributed by atoms with Crippen molar-refractivity contribution in [2.75, 3.05) is 7.05 Å². The van der Waals surface area contributed by atoms with Crippen LogP contribution in [0, 0.1) is 5.92 Å². The van der Waals surface area contributed by atoms with Crippen molar-refractivity contribution in [3.05, 3.63) is 34.9 Å². The van der Waals surface area contributed by atoms with Crippen LogP contribution in [0.1, 0.15) is 51.1 Å². The van der Waals surface area contributed by atoms with Crippen LogP contribution in [0.3, 0.4) is 0 Å². The van der Waals surface area contributed by atoms with Gasteiger partial charge in [0, 0.05) is 11.1 Å². The highest BCUT2D eigenvalue weighted by molar-refractivity contribution is 6.31. The van der Waals surface area contributed by atoms with Gasteiger partial charge in [0.1, 0.15) is 0 Å². The second kappa shape index (κ2) is 7.73. The Morgan fingerprint density at radius 1 is 1.24 bits per heavy atom. The first-order valence-corrected chi connectivity index (χ1v) is 7.04. The Labute approximate surface area is 111 Å². The standard InChI is InChI=1S/C15H24ClN/c1-4-6-9-12(5-2)15(17-3)13-10-7-8-11-14(13)16/h7-8,10-12,15,17H,4-6,9H2,1-3H3. The van der Waals surface area contributed by atoms with E-state index < -0.39 is 0 Å². The highest BCUT2D eigenvalue weighted by Gasteiger charge is 2.21. The third-order valence-corrected chi connectivity index (χ3v) is 3.82. The van der Waals surface area contributed by atoms with Gasteiger partial charge in [-0.05, 0) is 31.0 Å². The normalized spacial score (nSPS) is 14.6. The molecule has 0 aliphatic carbocycles. The quantitative estimate of drug-likeness (QED) is 0.735. The molecule has 0 bridgehead atoms. The van der Waals surface area contributed by atoms with E-state index in [-0.39, 0.29) is 0 Å². The summed E-state index contributed by atoms with van der Waals surface area (Å²) in [6, 6.07) is 8.55. The van der Waals surface area contributed by atoms with E-state index in [1.807, 2.05) is 19.2 Å². The lowest BCUT2D eigenvalue weighted by atomic mass is 9.87. The first-order chi connectivity index (χ1) is 8.24. The molecule has 1 aromatic rings. The van der Waals surface area contributed by atoms with E-state index in [2.05, 4.69) is 31.3 Å². The minimum atomic E-state index is 0.375. The minimum absolute atomic E-state index is 0.375. The fourth-order valence-electron chi connectivity index (χ4n) is 2.45. The molecule has 96 valence electrons. The van der Waals surface area contributed by atoms with Gasteiger partial charge in [-0.25, -0.2) is 0 Å². The molecular formula is C15H24ClN. The fourth-order valence-corrected chi connectivity index (χ4v) is 2.70. The molecule has 0 amide bonds. The lowest BCUT2D eigenvalue weighted by Crippen LogP contribution is -2.25. The largest absolute Gasteiger partial charge is 0.313 e. The van der Waals surface area contributed by atoms with E-state index in [1.54, 1.807) is 0 Å². The highest BCUT2D eigenvalue weighted by Crippen LogP contribution is 2.32. The molecule has 0 fully saturated rings. The monoisotopic (exact) mass is 253 g/mol. The molecule has 17 heavy (non-hydrogen) atoms. The van der Waals surface area contributed by atoms with Gasteiger partial charge in [-0.2, -0.15) is 0 Å². The van der Waals surface area contributed by atoms with Crippen molar-refractivity contribution in [3.8, 4) is 0 Å². The Balaban J connectivity index is 2.85. The summed E-state index contributed by atoms with van der Waals surface area (Å²) in [5.41, 5.74) is 1.24. The van der Waals surface area contributed by atoms with Crippen LogP contribution in [0.15, 0.2) is 24.3 Å². The van der Waals surface area contributed by atoms with Crippen molar-refractivity contribution in [2.24, 2.45) is 5.92 Å². The Morgan fingerprint density at radius 3 is 2.47 bits per heavy atom. The Hall–Kier alpha value is -0.530. The van der Waals surface area contributed by atoms with Crippen LogP contribution in [-0.4, -0.2) is 7.05 Å². The molecule has 0 saturated carbocycles. The number of benzene rings is 1. The van der Waals surface area contributed by atoms with Gasteiger partial charge in [0.2, 0.25) is 0 Å². The molecule has 0 saturated heterocycles. The first-order valence-electron chi connectivity index (χ1n) is 6.66. The molecule has 1 rings (SSSR count). The minimum Gasteiger partial charge on any atom is -0.313 e. The smallest absolute Gasteiger partial charge is 0.0453 e. The zero-order valence-corrected chi connectivity index (χ0v) is 11.9. The molecule has 0 aromatic heterocycles. The van der Waals surface area contributed by atoms with Gasteiger partial charge in [-0.1, -0.05) is 62.9 Å². The maximum atomic E-state index is 6.29. The SMILES string of the molecule is CCCCC(CC)C(NC)c1ccccc1Cl. The predicted molar refractivity (Wildman–Crippen MR) is 76.6 cm³/mol. The molecule has 1 N–H and O–H groups in total. The zero-order valence-electron chi connectivity index (χ0n) is 11.2. The van der Waals surface area contributed by atoms with E-state index in [0.29, 0.717) is 12.0 Å². The Bertz CT molecular complexity index is 324. The lowest BCUT2D eigenvalue weighted by molar-refractivity contribution is 0.339. The fraction of sp³-hybridized carbons (Fsp3) is 0.600. The summed E-state index contributed by atoms with van der Waals surface area (Å²) < 4.78 is 0. The number of hydrogen-bond donors (Lipinski definition) is 1. The molecule has 0 heterocycles. The molecule has 1 nitrogen and oxygen atoms in total. The molecule has 2 unspecified atom stereocenters. The van der Waals surface area contributed by atoms with E-state index >= 15 is 0 Å². The van der Waals surface area contributed by atoms with Crippen molar-refractivity contribution in [3.63, 3.8) is 0 Å². The Kier molecular flexibility index (Phi) is 6.61. The molecule has 1 aromatic carbocycles. The first kappa shape index (κ1) is 14.5. The summed E-state index contributed by atoms with van der Waals surface area (Å²) in [6.07, 6.45) is 5.01. The van der Waals surface area contributed by atoms with Crippen LogP contribution in [-0.2, 0) is 0 Å². The zero-order chi connectivity index (χ0) is 12.7. The van der Waals surface area contributed by atoms with Gasteiger partial charge in [-0.3, -0.25) is 0 Å². The molecule has 0 spiro atoms. The topological polar surface area (TPSA) is 12.0 Å². The van der Waals surface area contributed by atoms with Gasteiger partial charge >= 0.3 is 0 Å². The van der Waals surface area contributed by atoms with Gasteiger partial charge < -0.3 is 5.32 Å². The Morgan fingerprint density at radius 2 is 1.94 bits per heavy atom. The third-order valence-electron chi connectivity index (χ3n) is 3.48.